The van der Waals surface area contributed by atoms with Gasteiger partial charge in [-0.05, 0) is 59.7 Å². The van der Waals surface area contributed by atoms with Gasteiger partial charge in [0.15, 0.2) is 15.8 Å². The van der Waals surface area contributed by atoms with Gasteiger partial charge in [-0.1, -0.05) is 53.8 Å². The molecule has 1 fully saturated rings. The molecule has 0 atom stereocenters. The van der Waals surface area contributed by atoms with Gasteiger partial charge in [0.25, 0.3) is 5.91 Å². The number of anilines is 1. The van der Waals surface area contributed by atoms with Gasteiger partial charge in [-0.2, -0.15) is 0 Å². The van der Waals surface area contributed by atoms with Gasteiger partial charge >= 0.3 is 0 Å². The molecule has 3 aromatic carbocycles. The summed E-state index contributed by atoms with van der Waals surface area (Å²) in [5.41, 5.74) is 1.92. The van der Waals surface area contributed by atoms with Crippen LogP contribution in [0.1, 0.15) is 11.1 Å². The fraction of sp³-hybridized carbons (Fsp3) is 0.0833. The van der Waals surface area contributed by atoms with Crippen LogP contribution in [0.25, 0.3) is 6.08 Å². The summed E-state index contributed by atoms with van der Waals surface area (Å²) >= 11 is 12.3. The number of carbonyl (C=O) groups excluding carboxylic acids is 1. The van der Waals surface area contributed by atoms with Crippen LogP contribution in [0.3, 0.4) is 0 Å². The van der Waals surface area contributed by atoms with Gasteiger partial charge in [0, 0.05) is 0 Å². The summed E-state index contributed by atoms with van der Waals surface area (Å²) in [4.78, 5) is 14.7. The molecule has 4 rings (SSSR count). The number of thioether (sulfide) groups is 1. The maximum Gasteiger partial charge on any atom is 0.270 e. The van der Waals surface area contributed by atoms with Gasteiger partial charge in [-0.25, -0.2) is 8.78 Å². The minimum absolute atomic E-state index is 0.0912. The van der Waals surface area contributed by atoms with E-state index in [9.17, 15) is 13.6 Å². The van der Waals surface area contributed by atoms with Gasteiger partial charge in [0.05, 0.1) is 22.7 Å². The second-order valence-electron chi connectivity index (χ2n) is 6.94. The van der Waals surface area contributed by atoms with Crippen LogP contribution in [-0.2, 0) is 11.4 Å². The van der Waals surface area contributed by atoms with Crippen LogP contribution in [0.5, 0.6) is 11.5 Å². The van der Waals surface area contributed by atoms with Gasteiger partial charge in [0.2, 0.25) is 0 Å². The van der Waals surface area contributed by atoms with E-state index in [-0.39, 0.29) is 23.4 Å². The number of amides is 1. The average molecular weight is 504 g/mol. The minimum Gasteiger partial charge on any atom is -0.493 e. The van der Waals surface area contributed by atoms with Crippen molar-refractivity contribution in [2.45, 2.75) is 6.61 Å². The number of hydrogen-bond acceptors (Lipinski definition) is 5. The highest BCUT2D eigenvalue weighted by atomic mass is 35.5. The summed E-state index contributed by atoms with van der Waals surface area (Å²) in [7, 11) is 1.52. The summed E-state index contributed by atoms with van der Waals surface area (Å²) in [6.45, 7) is 0.245. The molecule has 168 valence electrons. The van der Waals surface area contributed by atoms with Gasteiger partial charge in [0.1, 0.15) is 18.2 Å². The fourth-order valence-electron chi connectivity index (χ4n) is 3.10. The molecule has 4 nitrogen and oxygen atoms in total. The molecule has 0 saturated carbocycles. The van der Waals surface area contributed by atoms with Crippen LogP contribution in [0.15, 0.2) is 65.6 Å². The van der Waals surface area contributed by atoms with Crippen molar-refractivity contribution >= 4 is 57.6 Å². The van der Waals surface area contributed by atoms with Crippen molar-refractivity contribution in [1.29, 1.82) is 0 Å². The summed E-state index contributed by atoms with van der Waals surface area (Å²) in [5, 5.41) is -0.0912. The second-order valence-corrected chi connectivity index (χ2v) is 9.02. The largest absolute Gasteiger partial charge is 0.493 e. The molecule has 9 heteroatoms. The number of halogens is 3. The lowest BCUT2D eigenvalue weighted by atomic mass is 10.1. The van der Waals surface area contributed by atoms with Crippen LogP contribution in [0.4, 0.5) is 14.5 Å². The maximum atomic E-state index is 13.5. The molecule has 0 radical (unpaired) electrons. The lowest BCUT2D eigenvalue weighted by molar-refractivity contribution is -0.113. The molecule has 3 aromatic rings. The summed E-state index contributed by atoms with van der Waals surface area (Å²) in [5.74, 6) is -0.230. The summed E-state index contributed by atoms with van der Waals surface area (Å²) < 4.78 is 38.1. The normalized spacial score (nSPS) is 14.8. The molecule has 1 amide bonds. The molecular weight excluding hydrogens is 488 g/mol. The van der Waals surface area contributed by atoms with Crippen LogP contribution in [0.2, 0.25) is 5.02 Å². The lowest BCUT2D eigenvalue weighted by Gasteiger charge is -2.14. The number of benzene rings is 3. The number of rotatable bonds is 6. The molecule has 0 aliphatic carbocycles. The van der Waals surface area contributed by atoms with E-state index in [1.165, 1.54) is 42.3 Å². The Morgan fingerprint density at radius 2 is 1.82 bits per heavy atom. The van der Waals surface area contributed by atoms with E-state index in [0.29, 0.717) is 32.0 Å². The monoisotopic (exact) mass is 503 g/mol. The maximum absolute atomic E-state index is 13.5. The van der Waals surface area contributed by atoms with E-state index in [4.69, 9.17) is 33.3 Å². The SMILES string of the molecule is COc1cc(C=C2SC(=S)N(c3ccc(F)c(Cl)c3)C2=O)ccc1OCc1ccc(F)cc1. The quantitative estimate of drug-likeness (QED) is 0.279. The minimum atomic E-state index is -0.574. The average Bonchev–Trinajstić information content (AvgIpc) is 3.08. The Morgan fingerprint density at radius 1 is 1.06 bits per heavy atom. The number of nitrogens with zero attached hydrogens (tertiary/aromatic N) is 1. The molecule has 0 aromatic heterocycles. The number of methoxy groups -OCH3 is 1. The molecule has 0 spiro atoms. The molecule has 1 heterocycles. The van der Waals surface area contributed by atoms with Crippen molar-refractivity contribution in [1.82, 2.24) is 0 Å². The molecule has 0 bridgehead atoms. The molecular formula is C24H16ClF2NO3S2. The highest BCUT2D eigenvalue weighted by molar-refractivity contribution is 8.27. The first-order valence-electron chi connectivity index (χ1n) is 9.64. The first-order valence-corrected chi connectivity index (χ1v) is 11.2. The van der Waals surface area contributed by atoms with Crippen molar-refractivity contribution in [3.05, 3.63) is 93.4 Å². The van der Waals surface area contributed by atoms with Crippen molar-refractivity contribution < 1.29 is 23.0 Å². The first kappa shape index (κ1) is 23.2. The van der Waals surface area contributed by atoms with E-state index in [0.717, 1.165) is 17.3 Å². The molecule has 1 aliphatic rings. The fourth-order valence-corrected chi connectivity index (χ4v) is 4.57. The number of hydrogen-bond donors (Lipinski definition) is 0. The van der Waals surface area contributed by atoms with Crippen LogP contribution >= 0.6 is 35.6 Å². The zero-order valence-electron chi connectivity index (χ0n) is 17.2. The van der Waals surface area contributed by atoms with Crippen molar-refractivity contribution in [2.24, 2.45) is 0 Å². The summed E-state index contributed by atoms with van der Waals surface area (Å²) in [6, 6.07) is 15.3. The Kier molecular flexibility index (Phi) is 6.97. The van der Waals surface area contributed by atoms with Crippen LogP contribution in [-0.4, -0.2) is 17.3 Å². The number of ether oxygens (including phenoxy) is 2. The molecule has 1 saturated heterocycles. The predicted molar refractivity (Wildman–Crippen MR) is 131 cm³/mol. The third-order valence-corrected chi connectivity index (χ3v) is 6.34. The Labute approximate surface area is 203 Å². The second kappa shape index (κ2) is 9.91. The standard InChI is InChI=1S/C24H16ClF2NO3S2/c1-30-21-10-15(4-9-20(21)31-13-14-2-5-16(26)6-3-14)11-22-23(29)28(24(32)33-22)17-7-8-19(27)18(25)12-17/h2-12H,13H2,1H3. The highest BCUT2D eigenvalue weighted by Crippen LogP contribution is 2.38. The Bertz CT molecular complexity index is 1270. The Hall–Kier alpha value is -2.94. The van der Waals surface area contributed by atoms with Gasteiger partial charge in [-0.3, -0.25) is 9.69 Å². The van der Waals surface area contributed by atoms with E-state index >= 15 is 0 Å². The van der Waals surface area contributed by atoms with E-state index in [1.54, 1.807) is 36.4 Å². The number of carbonyl (C=O) groups is 1. The number of thiocarbonyl (C=S) groups is 1. The lowest BCUT2D eigenvalue weighted by Crippen LogP contribution is -2.27. The van der Waals surface area contributed by atoms with Crippen molar-refractivity contribution in [3.8, 4) is 11.5 Å². The zero-order chi connectivity index (χ0) is 23.5. The van der Waals surface area contributed by atoms with Gasteiger partial charge < -0.3 is 9.47 Å². The Morgan fingerprint density at radius 3 is 2.52 bits per heavy atom. The molecule has 33 heavy (non-hydrogen) atoms. The van der Waals surface area contributed by atoms with Crippen LogP contribution < -0.4 is 14.4 Å². The third-order valence-electron chi connectivity index (χ3n) is 4.75. The molecule has 0 unspecified atom stereocenters. The van der Waals surface area contributed by atoms with Crippen molar-refractivity contribution in [2.75, 3.05) is 12.0 Å². The topological polar surface area (TPSA) is 38.8 Å². The smallest absolute Gasteiger partial charge is 0.270 e. The first-order chi connectivity index (χ1) is 15.9. The summed E-state index contributed by atoms with van der Waals surface area (Å²) in [6.07, 6.45) is 1.69. The highest BCUT2D eigenvalue weighted by Gasteiger charge is 2.33. The van der Waals surface area contributed by atoms with E-state index in [1.807, 2.05) is 0 Å². The van der Waals surface area contributed by atoms with Crippen molar-refractivity contribution in [3.63, 3.8) is 0 Å². The van der Waals surface area contributed by atoms with Crippen LogP contribution in [0, 0.1) is 11.6 Å². The predicted octanol–water partition coefficient (Wildman–Crippen LogP) is 6.61. The third kappa shape index (κ3) is 5.19. The Balaban J connectivity index is 1.53. The van der Waals surface area contributed by atoms with E-state index < -0.39 is 5.82 Å². The molecule has 0 N–H and O–H groups in total. The van der Waals surface area contributed by atoms with E-state index in [2.05, 4.69) is 0 Å². The zero-order valence-corrected chi connectivity index (χ0v) is 19.6. The van der Waals surface area contributed by atoms with Gasteiger partial charge in [-0.15, -0.1) is 0 Å². The molecule has 1 aliphatic heterocycles.